The third-order valence-electron chi connectivity index (χ3n) is 3.31. The van der Waals surface area contributed by atoms with Crippen LogP contribution in [0.3, 0.4) is 0 Å². The van der Waals surface area contributed by atoms with Crippen LogP contribution in [0.1, 0.15) is 26.0 Å². The largest absolute Gasteiger partial charge is 0.480 e. The first-order valence-electron chi connectivity index (χ1n) is 6.35. The number of carboxylic acid groups (broad SMARTS) is 1. The Morgan fingerprint density at radius 1 is 1.50 bits per heavy atom. The minimum atomic E-state index is -1.57. The average Bonchev–Trinajstić information content (AvgIpc) is 2.96. The van der Waals surface area contributed by atoms with Crippen molar-refractivity contribution in [1.82, 2.24) is 9.38 Å². The summed E-state index contributed by atoms with van der Waals surface area (Å²) in [6.07, 6.45) is 3.78. The maximum Gasteiger partial charge on any atom is 0.323 e. The zero-order valence-corrected chi connectivity index (χ0v) is 12.1. The molecule has 0 aliphatic carbocycles. The van der Waals surface area contributed by atoms with Gasteiger partial charge in [-0.15, -0.1) is 11.3 Å². The highest BCUT2D eigenvalue weighted by Gasteiger charge is 2.46. The monoisotopic (exact) mass is 296 g/mol. The number of ether oxygens (including phenoxy) is 1. The van der Waals surface area contributed by atoms with Gasteiger partial charge in [0.2, 0.25) is 0 Å². The molecule has 0 aromatic carbocycles. The Balaban J connectivity index is 2.34. The topological polar surface area (TPSA) is 80.9 Å². The number of hydrogen-bond donors (Lipinski definition) is 1. The molecule has 2 aromatic rings. The van der Waals surface area contributed by atoms with Crippen molar-refractivity contribution in [3.63, 3.8) is 0 Å². The van der Waals surface area contributed by atoms with E-state index < -0.39 is 17.4 Å². The normalized spacial score (nSPS) is 14.1. The van der Waals surface area contributed by atoms with Crippen molar-refractivity contribution in [2.75, 3.05) is 6.61 Å². The van der Waals surface area contributed by atoms with E-state index in [9.17, 15) is 14.7 Å². The number of hydrogen-bond acceptors (Lipinski definition) is 5. The van der Waals surface area contributed by atoms with Crippen molar-refractivity contribution in [1.29, 1.82) is 0 Å². The molecule has 1 unspecified atom stereocenters. The maximum absolute atomic E-state index is 12.1. The lowest BCUT2D eigenvalue weighted by molar-refractivity contribution is -0.169. The number of aromatic nitrogens is 2. The lowest BCUT2D eigenvalue weighted by Gasteiger charge is -2.24. The van der Waals surface area contributed by atoms with Gasteiger partial charge in [0.15, 0.2) is 10.4 Å². The van der Waals surface area contributed by atoms with Crippen molar-refractivity contribution >= 4 is 28.2 Å². The molecule has 0 saturated carbocycles. The number of nitrogens with zero attached hydrogens (tertiary/aromatic N) is 2. The van der Waals surface area contributed by atoms with Gasteiger partial charge < -0.3 is 9.84 Å². The first-order chi connectivity index (χ1) is 9.53. The molecular weight excluding hydrogens is 280 g/mol. The van der Waals surface area contributed by atoms with Crippen LogP contribution in [0, 0.1) is 5.41 Å². The van der Waals surface area contributed by atoms with Crippen LogP contribution in [0.15, 0.2) is 17.8 Å². The van der Waals surface area contributed by atoms with E-state index in [0.29, 0.717) is 5.69 Å². The summed E-state index contributed by atoms with van der Waals surface area (Å²) in [5, 5.41) is 11.4. The molecule has 2 heterocycles. The van der Waals surface area contributed by atoms with Gasteiger partial charge in [-0.3, -0.25) is 14.0 Å². The van der Waals surface area contributed by atoms with Crippen LogP contribution in [0.25, 0.3) is 4.96 Å². The summed E-state index contributed by atoms with van der Waals surface area (Å²) < 4.78 is 6.75. The fraction of sp³-hybridized carbons (Fsp3) is 0.462. The van der Waals surface area contributed by atoms with Gasteiger partial charge in [0.05, 0.1) is 12.3 Å². The van der Waals surface area contributed by atoms with Crippen LogP contribution in [0.2, 0.25) is 0 Å². The Morgan fingerprint density at radius 3 is 2.80 bits per heavy atom. The SMILES string of the molecule is CCOC(=O)C(CC)(Cc1cn2ccsc2n1)C(=O)O. The lowest BCUT2D eigenvalue weighted by Crippen LogP contribution is -2.42. The Labute approximate surface area is 120 Å². The second-order valence-electron chi connectivity index (χ2n) is 4.46. The first-order valence-corrected chi connectivity index (χ1v) is 7.23. The molecular formula is C13H16N2O4S. The van der Waals surface area contributed by atoms with Crippen LogP contribution in [0.5, 0.6) is 0 Å². The van der Waals surface area contributed by atoms with Gasteiger partial charge >= 0.3 is 11.9 Å². The van der Waals surface area contributed by atoms with Crippen molar-refractivity contribution in [3.8, 4) is 0 Å². The van der Waals surface area contributed by atoms with E-state index in [1.54, 1.807) is 20.0 Å². The van der Waals surface area contributed by atoms with Gasteiger partial charge in [0.1, 0.15) is 0 Å². The molecule has 6 nitrogen and oxygen atoms in total. The Morgan fingerprint density at radius 2 is 2.25 bits per heavy atom. The number of carbonyl (C=O) groups excluding carboxylic acids is 1. The summed E-state index contributed by atoms with van der Waals surface area (Å²) in [6.45, 7) is 3.49. The van der Waals surface area contributed by atoms with Crippen molar-refractivity contribution in [2.24, 2.45) is 5.41 Å². The van der Waals surface area contributed by atoms with Crippen LogP contribution in [-0.2, 0) is 20.7 Å². The second kappa shape index (κ2) is 5.62. The summed E-state index contributed by atoms with van der Waals surface area (Å²) in [4.78, 5) is 28.8. The van der Waals surface area contributed by atoms with Gasteiger partial charge in [-0.2, -0.15) is 0 Å². The second-order valence-corrected chi connectivity index (χ2v) is 5.34. The van der Waals surface area contributed by atoms with Crippen molar-refractivity contribution in [3.05, 3.63) is 23.5 Å². The molecule has 0 saturated heterocycles. The Kier molecular flexibility index (Phi) is 4.08. The fourth-order valence-corrected chi connectivity index (χ4v) is 2.81. The highest BCUT2D eigenvalue weighted by Crippen LogP contribution is 2.30. The van der Waals surface area contributed by atoms with Gasteiger partial charge in [-0.05, 0) is 13.3 Å². The molecule has 2 rings (SSSR count). The van der Waals surface area contributed by atoms with E-state index in [0.717, 1.165) is 4.96 Å². The molecule has 20 heavy (non-hydrogen) atoms. The minimum absolute atomic E-state index is 0.0338. The van der Waals surface area contributed by atoms with Gasteiger partial charge in [0.25, 0.3) is 0 Å². The molecule has 1 atom stereocenters. The van der Waals surface area contributed by atoms with Crippen molar-refractivity contribution < 1.29 is 19.4 Å². The quantitative estimate of drug-likeness (QED) is 0.651. The molecule has 0 spiro atoms. The number of aliphatic carboxylic acids is 1. The molecule has 7 heteroatoms. The third kappa shape index (κ3) is 2.40. The number of fused-ring (bicyclic) bond motifs is 1. The molecule has 108 valence electrons. The van der Waals surface area contributed by atoms with E-state index in [4.69, 9.17) is 4.74 Å². The molecule has 0 aliphatic heterocycles. The van der Waals surface area contributed by atoms with E-state index >= 15 is 0 Å². The summed E-state index contributed by atoms with van der Waals surface area (Å²) in [7, 11) is 0. The number of carboxylic acids is 1. The first kappa shape index (κ1) is 14.5. The summed E-state index contributed by atoms with van der Waals surface area (Å²) in [5.41, 5.74) is -0.991. The highest BCUT2D eigenvalue weighted by molar-refractivity contribution is 7.15. The lowest BCUT2D eigenvalue weighted by atomic mass is 9.80. The maximum atomic E-state index is 12.1. The number of imidazole rings is 1. The molecule has 0 radical (unpaired) electrons. The van der Waals surface area contributed by atoms with Crippen LogP contribution in [0.4, 0.5) is 0 Å². The molecule has 1 N–H and O–H groups in total. The number of esters is 1. The van der Waals surface area contributed by atoms with Gasteiger partial charge in [0, 0.05) is 24.2 Å². The number of carbonyl (C=O) groups is 2. The Bertz CT molecular complexity index is 605. The molecule has 2 aromatic heterocycles. The third-order valence-corrected chi connectivity index (χ3v) is 4.08. The molecule has 0 bridgehead atoms. The molecule has 0 fully saturated rings. The summed E-state index contributed by atoms with van der Waals surface area (Å²) in [6, 6.07) is 0. The van der Waals surface area contributed by atoms with Crippen molar-refractivity contribution in [2.45, 2.75) is 26.7 Å². The molecule has 0 amide bonds. The molecule has 0 aliphatic rings. The van der Waals surface area contributed by atoms with Crippen LogP contribution >= 0.6 is 11.3 Å². The predicted molar refractivity (Wildman–Crippen MR) is 73.8 cm³/mol. The zero-order chi connectivity index (χ0) is 14.8. The Hall–Kier alpha value is -1.89. The van der Waals surface area contributed by atoms with E-state index in [1.807, 2.05) is 16.0 Å². The van der Waals surface area contributed by atoms with E-state index in [2.05, 4.69) is 4.98 Å². The zero-order valence-electron chi connectivity index (χ0n) is 11.3. The van der Waals surface area contributed by atoms with Crippen LogP contribution < -0.4 is 0 Å². The summed E-state index contributed by atoms with van der Waals surface area (Å²) >= 11 is 1.46. The smallest absolute Gasteiger partial charge is 0.323 e. The summed E-state index contributed by atoms with van der Waals surface area (Å²) in [5.74, 6) is -1.87. The number of rotatable bonds is 6. The standard InChI is InChI=1S/C13H16N2O4S/c1-3-13(10(16)17,11(18)19-4-2)7-9-8-15-5-6-20-12(15)14-9/h5-6,8H,3-4,7H2,1-2H3,(H,16,17). The predicted octanol–water partition coefficient (Wildman–Crippen LogP) is 1.98. The fourth-order valence-electron chi connectivity index (χ4n) is 2.10. The minimum Gasteiger partial charge on any atom is -0.480 e. The van der Waals surface area contributed by atoms with E-state index in [-0.39, 0.29) is 19.4 Å². The van der Waals surface area contributed by atoms with Gasteiger partial charge in [-0.25, -0.2) is 4.98 Å². The van der Waals surface area contributed by atoms with E-state index in [1.165, 1.54) is 11.3 Å². The highest BCUT2D eigenvalue weighted by atomic mass is 32.1. The average molecular weight is 296 g/mol. The number of thiazole rings is 1. The van der Waals surface area contributed by atoms with Crippen LogP contribution in [-0.4, -0.2) is 33.0 Å². The van der Waals surface area contributed by atoms with Gasteiger partial charge in [-0.1, -0.05) is 6.92 Å².